The number of ether oxygens (including phenoxy) is 2. The largest absolute Gasteiger partial charge is 0.493 e. The maximum Gasteiger partial charge on any atom is 0.337 e. The third-order valence-corrected chi connectivity index (χ3v) is 13.9. The number of hydrogen-bond acceptors (Lipinski definition) is 7. The lowest BCUT2D eigenvalue weighted by atomic mass is 9.80. The standard InChI is InChI=1S/C60H56N8O3/c1-34-24-51-47(35-10-14-38(15-11-35)58(69)71-7)28-46(66-51)31-54-60(4,5)33-52(68-54)57(70-6)56-48(29-45(67-56)30-53(61)59(2,3)32-34)36-8-12-37(13-9-36)55-49-22-20-43(64-49)26-41-18-16-39(62-41)25-40-17-19-42(63-40)27-44-21-23-50(55)65-44/h8-31,34,62,65-67H,32-33,61H2,1-7H3/b39-25?,40-25?,41-26?,42-27?,43-26?,44-27?,46-31-,51-24-,53-30-,55-49?,55-50?,57-52+. The van der Waals surface area contributed by atoms with Crippen LogP contribution in [0.2, 0.25) is 0 Å². The predicted molar refractivity (Wildman–Crippen MR) is 289 cm³/mol. The van der Waals surface area contributed by atoms with Gasteiger partial charge in [0.25, 0.3) is 0 Å². The van der Waals surface area contributed by atoms with Crippen molar-refractivity contribution in [3.8, 4) is 33.4 Å². The van der Waals surface area contributed by atoms with Crippen LogP contribution in [0.3, 0.4) is 0 Å². The molecule has 5 aromatic heterocycles. The molecule has 2 aromatic carbocycles. The number of nitrogens with two attached hydrogens (primary N) is 1. The summed E-state index contributed by atoms with van der Waals surface area (Å²) in [6.07, 6.45) is 16.2. The van der Waals surface area contributed by atoms with Crippen molar-refractivity contribution in [1.29, 1.82) is 0 Å². The molecular weight excluding hydrogens is 881 g/mol. The predicted octanol–water partition coefficient (Wildman–Crippen LogP) is 11.9. The number of esters is 1. The first-order chi connectivity index (χ1) is 34.2. The SMILES string of the molecule is COC(=O)c1ccc(-c2c/c3[nH]/c2=C\C(C)CC(C)(C)/C(N)=C/c2cc(-c4ccc(-c5c6nc(cc7ccc(cc8nc(cc9ccc5[nH]9)C=C8)[nH]7)C=C6)cc4)c([nH]2)/C(OC)=C2/CC(C)(C)C(=N2)\C=3)cc1. The van der Waals surface area contributed by atoms with E-state index in [1.807, 2.05) is 42.5 Å². The maximum atomic E-state index is 12.3. The molecule has 6 N–H and O–H groups in total. The molecule has 0 saturated carbocycles. The Hall–Kier alpha value is -8.44. The van der Waals surface area contributed by atoms with Crippen LogP contribution in [-0.2, 0) is 9.47 Å². The summed E-state index contributed by atoms with van der Waals surface area (Å²) in [6.45, 7) is 11.1. The minimum absolute atomic E-state index is 0.140. The van der Waals surface area contributed by atoms with Gasteiger partial charge in [0, 0.05) is 83.8 Å². The van der Waals surface area contributed by atoms with Crippen LogP contribution in [0.1, 0.15) is 92.0 Å². The van der Waals surface area contributed by atoms with Gasteiger partial charge in [-0.05, 0) is 132 Å². The van der Waals surface area contributed by atoms with Crippen molar-refractivity contribution < 1.29 is 14.3 Å². The third-order valence-electron chi connectivity index (χ3n) is 13.9. The molecule has 0 saturated heterocycles. The van der Waals surface area contributed by atoms with E-state index >= 15 is 0 Å². The van der Waals surface area contributed by atoms with Gasteiger partial charge in [-0.1, -0.05) is 77.1 Å². The van der Waals surface area contributed by atoms with Crippen LogP contribution in [0.5, 0.6) is 0 Å². The van der Waals surface area contributed by atoms with E-state index in [2.05, 4.69) is 158 Å². The zero-order valence-electron chi connectivity index (χ0n) is 41.0. The highest BCUT2D eigenvalue weighted by Crippen LogP contribution is 2.43. The molecule has 1 unspecified atom stereocenters. The van der Waals surface area contributed by atoms with Crippen LogP contribution in [-0.4, -0.2) is 55.8 Å². The number of H-pyrrole nitrogens is 4. The molecule has 4 aliphatic heterocycles. The molecule has 11 rings (SSSR count). The molecule has 11 nitrogen and oxygen atoms in total. The number of aromatic nitrogens is 6. The Morgan fingerprint density at radius 2 is 1.31 bits per heavy atom. The second kappa shape index (κ2) is 17.5. The maximum absolute atomic E-state index is 12.3. The van der Waals surface area contributed by atoms with Crippen molar-refractivity contribution in [2.45, 2.75) is 47.5 Å². The zero-order chi connectivity index (χ0) is 49.2. The number of nitrogens with zero attached hydrogens (tertiary/aromatic N) is 3. The van der Waals surface area contributed by atoms with Crippen LogP contribution < -0.4 is 16.4 Å². The average Bonchev–Trinajstić information content (AvgIpc) is 4.23. The third kappa shape index (κ3) is 8.80. The van der Waals surface area contributed by atoms with Gasteiger partial charge < -0.3 is 35.1 Å². The van der Waals surface area contributed by atoms with E-state index in [-0.39, 0.29) is 22.7 Å². The molecule has 9 heterocycles. The first kappa shape index (κ1) is 45.0. The summed E-state index contributed by atoms with van der Waals surface area (Å²) in [6, 6.07) is 35.0. The fourth-order valence-electron chi connectivity index (χ4n) is 10.3. The van der Waals surface area contributed by atoms with Gasteiger partial charge in [-0.2, -0.15) is 0 Å². The number of nitrogens with one attached hydrogen (secondary N) is 4. The van der Waals surface area contributed by atoms with Crippen molar-refractivity contribution in [1.82, 2.24) is 29.9 Å². The molecule has 1 atom stereocenters. The molecule has 0 radical (unpaired) electrons. The number of aliphatic imine (C=N–C) groups is 1. The van der Waals surface area contributed by atoms with Gasteiger partial charge in [-0.25, -0.2) is 14.8 Å². The minimum atomic E-state index is -0.368. The van der Waals surface area contributed by atoms with E-state index in [4.69, 9.17) is 30.2 Å². The quantitative estimate of drug-likeness (QED) is 0.108. The molecule has 4 aliphatic rings. The van der Waals surface area contributed by atoms with Gasteiger partial charge in [0.05, 0.1) is 53.9 Å². The average molecular weight is 937 g/mol. The summed E-state index contributed by atoms with van der Waals surface area (Å²) in [5.41, 5.74) is 24.5. The lowest BCUT2D eigenvalue weighted by Crippen LogP contribution is -2.24. The second-order valence-corrected chi connectivity index (χ2v) is 20.3. The van der Waals surface area contributed by atoms with E-state index in [1.54, 1.807) is 7.11 Å². The zero-order valence-corrected chi connectivity index (χ0v) is 41.0. The molecular formula is C60H56N8O3. The number of fused-ring (bicyclic) bond motifs is 13. The molecule has 0 spiro atoms. The summed E-state index contributed by atoms with van der Waals surface area (Å²) in [5, 5.41) is 1.93. The lowest BCUT2D eigenvalue weighted by molar-refractivity contribution is 0.0600. The Kier molecular flexibility index (Phi) is 11.1. The summed E-state index contributed by atoms with van der Waals surface area (Å²) >= 11 is 0. The molecule has 7 aromatic rings. The summed E-state index contributed by atoms with van der Waals surface area (Å²) in [7, 11) is 3.11. The highest BCUT2D eigenvalue weighted by molar-refractivity contribution is 6.15. The number of methoxy groups -OCH3 is 2. The number of allylic oxidation sites excluding steroid dienone is 2. The number of benzene rings is 2. The van der Waals surface area contributed by atoms with E-state index in [9.17, 15) is 4.79 Å². The Morgan fingerprint density at radius 3 is 2.01 bits per heavy atom. The number of aromatic amines is 4. The van der Waals surface area contributed by atoms with Gasteiger partial charge >= 0.3 is 5.97 Å². The topological polar surface area (TPSA) is 163 Å². The van der Waals surface area contributed by atoms with Gasteiger partial charge in [-0.15, -0.1) is 0 Å². The number of carbonyl (C=O) groups excluding carboxylic acids is 1. The number of carbonyl (C=O) groups is 1. The van der Waals surface area contributed by atoms with E-state index < -0.39 is 0 Å². The normalized spacial score (nSPS) is 19.7. The molecule has 0 amide bonds. The minimum Gasteiger partial charge on any atom is -0.493 e. The lowest BCUT2D eigenvalue weighted by Gasteiger charge is -2.27. The summed E-state index contributed by atoms with van der Waals surface area (Å²) < 4.78 is 11.4. The molecule has 0 fully saturated rings. The Labute approximate surface area is 412 Å². The smallest absolute Gasteiger partial charge is 0.337 e. The molecule has 71 heavy (non-hydrogen) atoms. The van der Waals surface area contributed by atoms with Crippen LogP contribution >= 0.6 is 0 Å². The molecule has 14 bridgehead atoms. The molecule has 354 valence electrons. The van der Waals surface area contributed by atoms with Gasteiger partial charge in [0.15, 0.2) is 5.76 Å². The van der Waals surface area contributed by atoms with Crippen LogP contribution in [0, 0.1) is 16.7 Å². The van der Waals surface area contributed by atoms with Gasteiger partial charge in [0.2, 0.25) is 0 Å². The Bertz CT molecular complexity index is 3770. The first-order valence-electron chi connectivity index (χ1n) is 24.1. The van der Waals surface area contributed by atoms with Gasteiger partial charge in [-0.3, -0.25) is 4.99 Å². The Balaban J connectivity index is 1.05. The van der Waals surface area contributed by atoms with Crippen molar-refractivity contribution >= 4 is 82.0 Å². The number of rotatable bonds is 5. The van der Waals surface area contributed by atoms with Gasteiger partial charge in [0.1, 0.15) is 0 Å². The van der Waals surface area contributed by atoms with E-state index in [0.29, 0.717) is 17.7 Å². The fraction of sp³-hybridized carbons (Fsp3) is 0.200. The van der Waals surface area contributed by atoms with Crippen molar-refractivity contribution in [2.75, 3.05) is 14.2 Å². The first-order valence-corrected chi connectivity index (χ1v) is 24.1. The monoisotopic (exact) mass is 936 g/mol. The highest BCUT2D eigenvalue weighted by atomic mass is 16.5. The van der Waals surface area contributed by atoms with Crippen LogP contribution in [0.4, 0.5) is 0 Å². The van der Waals surface area contributed by atoms with Crippen LogP contribution in [0.15, 0.2) is 120 Å². The number of hydrogen-bond donors (Lipinski definition) is 5. The van der Waals surface area contributed by atoms with Crippen molar-refractivity contribution in [3.05, 3.63) is 165 Å². The second-order valence-electron chi connectivity index (χ2n) is 20.3. The molecule has 0 aliphatic carbocycles. The highest BCUT2D eigenvalue weighted by Gasteiger charge is 2.34. The summed E-state index contributed by atoms with van der Waals surface area (Å²) in [4.78, 5) is 42.3. The van der Waals surface area contributed by atoms with Crippen molar-refractivity contribution in [3.63, 3.8) is 0 Å². The van der Waals surface area contributed by atoms with Crippen molar-refractivity contribution in [2.24, 2.45) is 27.5 Å². The fourth-order valence-corrected chi connectivity index (χ4v) is 10.3. The van der Waals surface area contributed by atoms with E-state index in [0.717, 1.165) is 124 Å². The van der Waals surface area contributed by atoms with E-state index in [1.165, 1.54) is 7.11 Å². The Morgan fingerprint density at radius 1 is 0.676 bits per heavy atom. The molecule has 11 heteroatoms. The van der Waals surface area contributed by atoms with Crippen LogP contribution in [0.25, 0.3) is 104 Å². The summed E-state index contributed by atoms with van der Waals surface area (Å²) in [5.74, 6) is 0.448.